The molecule has 4 heteroatoms. The highest BCUT2D eigenvalue weighted by molar-refractivity contribution is 6.97. The van der Waals surface area contributed by atoms with Crippen molar-refractivity contribution in [1.29, 1.82) is 10.5 Å². The molecule has 0 N–H and O–H groups in total. The molecule has 0 amide bonds. The Labute approximate surface area is 323 Å². The van der Waals surface area contributed by atoms with Crippen molar-refractivity contribution >= 4 is 40.2 Å². The van der Waals surface area contributed by atoms with Gasteiger partial charge in [0.25, 0.3) is 0 Å². The molecule has 54 heavy (non-hydrogen) atoms. The predicted molar refractivity (Wildman–Crippen MR) is 230 cm³/mol. The molecule has 0 spiro atoms. The second kappa shape index (κ2) is 14.9. The molecule has 6 aromatic carbocycles. The molecule has 0 aliphatic heterocycles. The first kappa shape index (κ1) is 37.9. The molecule has 6 aromatic rings. The van der Waals surface area contributed by atoms with E-state index in [9.17, 15) is 10.5 Å². The van der Waals surface area contributed by atoms with Crippen molar-refractivity contribution < 1.29 is 0 Å². The van der Waals surface area contributed by atoms with E-state index >= 15 is 0 Å². The molecule has 3 nitrogen and oxygen atoms in total. The number of hydrogen-bond donors (Lipinski definition) is 0. The van der Waals surface area contributed by atoms with Crippen LogP contribution in [0.15, 0.2) is 84.9 Å². The summed E-state index contributed by atoms with van der Waals surface area (Å²) in [6, 6.07) is 35.1. The maximum Gasteiger partial charge on any atom is 0.243 e. The summed E-state index contributed by atoms with van der Waals surface area (Å²) in [4.78, 5) is 2.30. The number of hydrogen-bond acceptors (Lipinski definition) is 3. The minimum Gasteiger partial charge on any atom is -0.311 e. The highest BCUT2D eigenvalue weighted by Gasteiger charge is 2.35. The summed E-state index contributed by atoms with van der Waals surface area (Å²) >= 11 is 0. The number of nitrogens with zero attached hydrogens (tertiary/aromatic N) is 3. The topological polar surface area (TPSA) is 50.8 Å². The third-order valence-corrected chi connectivity index (χ3v) is 12.6. The quantitative estimate of drug-likeness (QED) is 0.156. The first-order valence-corrected chi connectivity index (χ1v) is 18.9. The van der Waals surface area contributed by atoms with Crippen LogP contribution in [0.1, 0.15) is 77.9 Å². The Bertz CT molecular complexity index is 2310. The van der Waals surface area contributed by atoms with Gasteiger partial charge in [0.1, 0.15) is 0 Å². The fraction of sp³-hybridized carbons (Fsp3) is 0.240. The van der Waals surface area contributed by atoms with Crippen molar-refractivity contribution in [3.05, 3.63) is 163 Å². The Morgan fingerprint density at radius 3 is 0.981 bits per heavy atom. The molecule has 6 rings (SSSR count). The van der Waals surface area contributed by atoms with E-state index in [-0.39, 0.29) is 6.71 Å². The van der Waals surface area contributed by atoms with Gasteiger partial charge in [0.2, 0.25) is 6.71 Å². The normalized spacial score (nSPS) is 10.9. The van der Waals surface area contributed by atoms with Gasteiger partial charge in [-0.05, 0) is 164 Å². The Kier molecular flexibility index (Phi) is 10.5. The monoisotopic (exact) mass is 703 g/mol. The van der Waals surface area contributed by atoms with Crippen molar-refractivity contribution in [1.82, 2.24) is 0 Å². The molecular formula is C50H50BN3. The molecule has 0 radical (unpaired) electrons. The summed E-state index contributed by atoms with van der Waals surface area (Å²) < 4.78 is 0. The maximum absolute atomic E-state index is 10.2. The van der Waals surface area contributed by atoms with Gasteiger partial charge in [-0.2, -0.15) is 10.5 Å². The lowest BCUT2D eigenvalue weighted by Gasteiger charge is -2.32. The van der Waals surface area contributed by atoms with Gasteiger partial charge in [-0.25, -0.2) is 0 Å². The Hall–Kier alpha value is -5.84. The van der Waals surface area contributed by atoms with Crippen LogP contribution in [-0.2, 0) is 0 Å². The number of rotatable bonds is 7. The maximum atomic E-state index is 10.2. The zero-order valence-electron chi connectivity index (χ0n) is 34.0. The molecule has 0 aromatic heterocycles. The van der Waals surface area contributed by atoms with Crippen molar-refractivity contribution in [2.75, 3.05) is 4.90 Å². The molecule has 0 bridgehead atoms. The first-order valence-electron chi connectivity index (χ1n) is 18.9. The van der Waals surface area contributed by atoms with Crippen LogP contribution in [0, 0.1) is 106 Å². The second-order valence-corrected chi connectivity index (χ2v) is 15.1. The van der Waals surface area contributed by atoms with Gasteiger partial charge in [0.05, 0.1) is 23.3 Å². The molecule has 0 aliphatic carbocycles. The van der Waals surface area contributed by atoms with Crippen molar-refractivity contribution in [2.45, 2.75) is 83.1 Å². The van der Waals surface area contributed by atoms with E-state index < -0.39 is 0 Å². The molecule has 0 fully saturated rings. The Morgan fingerprint density at radius 2 is 0.667 bits per heavy atom. The van der Waals surface area contributed by atoms with Crippen LogP contribution in [0.3, 0.4) is 0 Å². The number of benzene rings is 6. The van der Waals surface area contributed by atoms with Crippen LogP contribution in [-0.4, -0.2) is 6.71 Å². The van der Waals surface area contributed by atoms with Crippen molar-refractivity contribution in [2.24, 2.45) is 0 Å². The summed E-state index contributed by atoms with van der Waals surface area (Å²) in [5.74, 6) is 0. The Balaban J connectivity index is 1.61. The molecule has 0 aliphatic rings. The highest BCUT2D eigenvalue weighted by Crippen LogP contribution is 2.37. The van der Waals surface area contributed by atoms with E-state index in [0.29, 0.717) is 0 Å². The Morgan fingerprint density at radius 1 is 0.370 bits per heavy atom. The zero-order valence-corrected chi connectivity index (χ0v) is 34.0. The number of anilines is 3. The molecule has 268 valence electrons. The van der Waals surface area contributed by atoms with E-state index in [1.54, 1.807) is 0 Å². The average Bonchev–Trinajstić information content (AvgIpc) is 3.18. The van der Waals surface area contributed by atoms with Crippen LogP contribution < -0.4 is 21.3 Å². The predicted octanol–water partition coefficient (Wildman–Crippen LogP) is 10.8. The van der Waals surface area contributed by atoms with E-state index in [0.717, 1.165) is 72.7 Å². The standard InChI is InChI=1S/C50H50BN3/c1-29-35(7)48(36(8)30(2)45(29)27-52)51(49-37(9)31(3)46(28-53)32(4)38(49)10)50-39(11)33(5)47(34(6)40(50)12)41-23-25-44(26-24-41)54(42-19-15-13-16-20-42)43-21-17-14-18-22-43/h13-26H,1-12H3. The largest absolute Gasteiger partial charge is 0.311 e. The molecule has 0 atom stereocenters. The molecule has 0 saturated heterocycles. The van der Waals surface area contributed by atoms with Crippen molar-refractivity contribution in [3.8, 4) is 23.3 Å². The summed E-state index contributed by atoms with van der Waals surface area (Å²) in [6.45, 7) is 26.2. The third kappa shape index (κ3) is 6.11. The zero-order chi connectivity index (χ0) is 39.2. The van der Waals surface area contributed by atoms with Gasteiger partial charge in [0.15, 0.2) is 0 Å². The second-order valence-electron chi connectivity index (χ2n) is 15.1. The minimum atomic E-state index is -0.0839. The lowest BCUT2D eigenvalue weighted by Crippen LogP contribution is -2.58. The SMILES string of the molecule is Cc1c(C)c(B(c2c(C)c(C)c(C#N)c(C)c2C)c2c(C)c(C)c(-c3ccc(N(c4ccccc4)c4ccccc4)cc3)c(C)c2C)c(C)c(C)c1C#N. The summed E-state index contributed by atoms with van der Waals surface area (Å²) in [6.07, 6.45) is 0. The van der Waals surface area contributed by atoms with E-state index in [1.807, 2.05) is 0 Å². The number of para-hydroxylation sites is 2. The van der Waals surface area contributed by atoms with E-state index in [2.05, 4.69) is 185 Å². The van der Waals surface area contributed by atoms with Gasteiger partial charge < -0.3 is 4.90 Å². The van der Waals surface area contributed by atoms with Crippen LogP contribution in [0.25, 0.3) is 11.1 Å². The molecular weight excluding hydrogens is 653 g/mol. The minimum absolute atomic E-state index is 0.0839. The third-order valence-electron chi connectivity index (χ3n) is 12.6. The van der Waals surface area contributed by atoms with Gasteiger partial charge in [-0.3, -0.25) is 0 Å². The number of nitriles is 2. The van der Waals surface area contributed by atoms with E-state index in [4.69, 9.17) is 0 Å². The smallest absolute Gasteiger partial charge is 0.243 e. The van der Waals surface area contributed by atoms with Gasteiger partial charge in [-0.15, -0.1) is 0 Å². The first-order chi connectivity index (χ1) is 25.8. The average molecular weight is 704 g/mol. The van der Waals surface area contributed by atoms with Crippen LogP contribution in [0.5, 0.6) is 0 Å². The van der Waals surface area contributed by atoms with Gasteiger partial charge >= 0.3 is 0 Å². The van der Waals surface area contributed by atoms with Crippen LogP contribution in [0.2, 0.25) is 0 Å². The van der Waals surface area contributed by atoms with Gasteiger partial charge in [-0.1, -0.05) is 98.3 Å². The summed E-state index contributed by atoms with van der Waals surface area (Å²) in [7, 11) is 0. The fourth-order valence-corrected chi connectivity index (χ4v) is 8.90. The van der Waals surface area contributed by atoms with Crippen molar-refractivity contribution in [3.63, 3.8) is 0 Å². The molecule has 0 unspecified atom stereocenters. The lowest BCUT2D eigenvalue weighted by molar-refractivity contribution is 1.22. The van der Waals surface area contributed by atoms with Crippen LogP contribution >= 0.6 is 0 Å². The molecule has 0 heterocycles. The van der Waals surface area contributed by atoms with Gasteiger partial charge in [0, 0.05) is 17.1 Å². The molecule has 0 saturated carbocycles. The summed E-state index contributed by atoms with van der Waals surface area (Å²) in [5, 5.41) is 20.4. The highest BCUT2D eigenvalue weighted by atomic mass is 15.1. The lowest BCUT2D eigenvalue weighted by atomic mass is 9.32. The van der Waals surface area contributed by atoms with E-state index in [1.165, 1.54) is 49.8 Å². The van der Waals surface area contributed by atoms with Crippen LogP contribution in [0.4, 0.5) is 17.1 Å². The fourth-order valence-electron chi connectivity index (χ4n) is 8.90. The summed E-state index contributed by atoms with van der Waals surface area (Å²) in [5.41, 5.74) is 25.1.